The fraction of sp³-hybridized carbons (Fsp3) is 0. The van der Waals surface area contributed by atoms with Crippen molar-refractivity contribution in [3.8, 4) is 16.9 Å². The van der Waals surface area contributed by atoms with E-state index < -0.39 is 0 Å². The summed E-state index contributed by atoms with van der Waals surface area (Å²) in [5.74, 6) is 0. The molecule has 5 rings (SSSR count). The lowest BCUT2D eigenvalue weighted by atomic mass is 10.1. The van der Waals surface area contributed by atoms with E-state index in [4.69, 9.17) is 0 Å². The number of para-hydroxylation sites is 1. The summed E-state index contributed by atoms with van der Waals surface area (Å²) < 4.78 is 3.40. The quantitative estimate of drug-likeness (QED) is 0.327. The van der Waals surface area contributed by atoms with Crippen LogP contribution in [0.2, 0.25) is 0 Å². The van der Waals surface area contributed by atoms with Gasteiger partial charge in [0, 0.05) is 32.7 Å². The van der Waals surface area contributed by atoms with Crippen LogP contribution in [0.25, 0.3) is 38.8 Å². The molecular formula is C23H15BrN2. The lowest BCUT2D eigenvalue weighted by Crippen LogP contribution is -1.93. The maximum atomic E-state index is 4.50. The largest absolute Gasteiger partial charge is 0.309 e. The summed E-state index contributed by atoms with van der Waals surface area (Å²) in [5.41, 5.74) is 5.69. The van der Waals surface area contributed by atoms with Crippen LogP contribution in [0.3, 0.4) is 0 Å². The van der Waals surface area contributed by atoms with Crippen LogP contribution < -0.4 is 0 Å². The number of rotatable bonds is 2. The Morgan fingerprint density at radius 1 is 0.692 bits per heavy atom. The SMILES string of the molecule is Brc1ccc2c(c1)c1cc(-c3ccccn3)ccc1n2-c1ccccc1. The molecule has 0 aliphatic carbocycles. The van der Waals surface area contributed by atoms with Gasteiger partial charge in [-0.05, 0) is 54.6 Å². The first-order valence-corrected chi connectivity index (χ1v) is 9.31. The summed E-state index contributed by atoms with van der Waals surface area (Å²) in [6, 6.07) is 29.6. The molecule has 0 aliphatic rings. The molecule has 5 aromatic rings. The minimum Gasteiger partial charge on any atom is -0.309 e. The number of hydrogen-bond donors (Lipinski definition) is 0. The molecule has 0 fully saturated rings. The van der Waals surface area contributed by atoms with E-state index in [2.05, 4.69) is 86.1 Å². The van der Waals surface area contributed by atoms with Gasteiger partial charge in [-0.1, -0.05) is 46.3 Å². The summed E-state index contributed by atoms with van der Waals surface area (Å²) in [7, 11) is 0. The third-order valence-corrected chi connectivity index (χ3v) is 5.20. The number of pyridine rings is 1. The highest BCUT2D eigenvalue weighted by Crippen LogP contribution is 2.35. The highest BCUT2D eigenvalue weighted by molar-refractivity contribution is 9.10. The monoisotopic (exact) mass is 398 g/mol. The van der Waals surface area contributed by atoms with E-state index in [9.17, 15) is 0 Å². The molecule has 0 bridgehead atoms. The lowest BCUT2D eigenvalue weighted by Gasteiger charge is -2.08. The average molecular weight is 399 g/mol. The molecule has 124 valence electrons. The molecule has 3 heteroatoms. The van der Waals surface area contributed by atoms with Gasteiger partial charge in [-0.15, -0.1) is 0 Å². The first-order valence-electron chi connectivity index (χ1n) is 8.52. The molecule has 2 nitrogen and oxygen atoms in total. The molecule has 0 unspecified atom stereocenters. The molecule has 0 atom stereocenters. The number of benzene rings is 3. The van der Waals surface area contributed by atoms with Crippen molar-refractivity contribution in [3.63, 3.8) is 0 Å². The van der Waals surface area contributed by atoms with Gasteiger partial charge in [0.1, 0.15) is 0 Å². The van der Waals surface area contributed by atoms with Crippen molar-refractivity contribution in [1.29, 1.82) is 0 Å². The Kier molecular flexibility index (Phi) is 3.61. The fourth-order valence-electron chi connectivity index (χ4n) is 3.54. The van der Waals surface area contributed by atoms with Gasteiger partial charge in [0.15, 0.2) is 0 Å². The molecule has 0 radical (unpaired) electrons. The van der Waals surface area contributed by atoms with Gasteiger partial charge in [0.05, 0.1) is 16.7 Å². The number of fused-ring (bicyclic) bond motifs is 3. The van der Waals surface area contributed by atoms with Crippen molar-refractivity contribution in [2.45, 2.75) is 0 Å². The molecule has 0 spiro atoms. The number of aromatic nitrogens is 2. The van der Waals surface area contributed by atoms with E-state index >= 15 is 0 Å². The molecule has 3 aromatic carbocycles. The number of halogens is 1. The summed E-state index contributed by atoms with van der Waals surface area (Å²) in [6.45, 7) is 0. The van der Waals surface area contributed by atoms with Crippen molar-refractivity contribution in [2.24, 2.45) is 0 Å². The molecule has 0 amide bonds. The van der Waals surface area contributed by atoms with Crippen LogP contribution in [-0.2, 0) is 0 Å². The van der Waals surface area contributed by atoms with E-state index in [1.165, 1.54) is 27.5 Å². The third-order valence-electron chi connectivity index (χ3n) is 4.70. The van der Waals surface area contributed by atoms with Gasteiger partial charge < -0.3 is 4.57 Å². The van der Waals surface area contributed by atoms with Gasteiger partial charge in [0.2, 0.25) is 0 Å². The Balaban J connectivity index is 1.87. The second-order valence-electron chi connectivity index (χ2n) is 6.28. The summed E-state index contributed by atoms with van der Waals surface area (Å²) in [6.07, 6.45) is 1.84. The summed E-state index contributed by atoms with van der Waals surface area (Å²) in [5, 5.41) is 2.46. The Morgan fingerprint density at radius 3 is 2.19 bits per heavy atom. The van der Waals surface area contributed by atoms with Gasteiger partial charge in [-0.2, -0.15) is 0 Å². The predicted octanol–water partition coefficient (Wildman–Crippen LogP) is 6.61. The Hall–Kier alpha value is -2.91. The summed E-state index contributed by atoms with van der Waals surface area (Å²) in [4.78, 5) is 4.50. The van der Waals surface area contributed by atoms with Gasteiger partial charge in [0.25, 0.3) is 0 Å². The fourth-order valence-corrected chi connectivity index (χ4v) is 3.90. The first kappa shape index (κ1) is 15.4. The third kappa shape index (κ3) is 2.44. The average Bonchev–Trinajstić information content (AvgIpc) is 3.02. The molecule has 0 aliphatic heterocycles. The Morgan fingerprint density at radius 2 is 1.42 bits per heavy atom. The van der Waals surface area contributed by atoms with Gasteiger partial charge >= 0.3 is 0 Å². The van der Waals surface area contributed by atoms with Crippen LogP contribution >= 0.6 is 15.9 Å². The van der Waals surface area contributed by atoms with Crippen molar-refractivity contribution >= 4 is 37.7 Å². The van der Waals surface area contributed by atoms with Gasteiger partial charge in [-0.25, -0.2) is 0 Å². The smallest absolute Gasteiger partial charge is 0.0702 e. The van der Waals surface area contributed by atoms with Crippen molar-refractivity contribution in [3.05, 3.63) is 95.6 Å². The zero-order chi connectivity index (χ0) is 17.5. The first-order chi connectivity index (χ1) is 12.8. The zero-order valence-electron chi connectivity index (χ0n) is 13.9. The number of nitrogens with zero attached hydrogens (tertiary/aromatic N) is 2. The second-order valence-corrected chi connectivity index (χ2v) is 7.20. The maximum Gasteiger partial charge on any atom is 0.0702 e. The van der Waals surface area contributed by atoms with Crippen molar-refractivity contribution < 1.29 is 0 Å². The standard InChI is InChI=1S/C23H15BrN2/c24-17-10-12-23-20(15-17)19-14-16(21-8-4-5-13-25-21)9-11-22(19)26(23)18-6-2-1-3-7-18/h1-15H. The molecule has 0 saturated carbocycles. The van der Waals surface area contributed by atoms with Crippen molar-refractivity contribution in [1.82, 2.24) is 9.55 Å². The van der Waals surface area contributed by atoms with Crippen LogP contribution in [0, 0.1) is 0 Å². The summed E-state index contributed by atoms with van der Waals surface area (Å²) >= 11 is 3.63. The Bertz CT molecular complexity index is 1230. The number of hydrogen-bond acceptors (Lipinski definition) is 1. The van der Waals surface area contributed by atoms with Crippen LogP contribution in [0.15, 0.2) is 95.6 Å². The van der Waals surface area contributed by atoms with E-state index in [1.54, 1.807) is 0 Å². The van der Waals surface area contributed by atoms with E-state index in [1.807, 2.05) is 30.5 Å². The van der Waals surface area contributed by atoms with Crippen LogP contribution in [-0.4, -0.2) is 9.55 Å². The topological polar surface area (TPSA) is 17.8 Å². The van der Waals surface area contributed by atoms with Crippen LogP contribution in [0.5, 0.6) is 0 Å². The van der Waals surface area contributed by atoms with E-state index in [0.29, 0.717) is 0 Å². The Labute approximate surface area is 159 Å². The molecule has 2 heterocycles. The van der Waals surface area contributed by atoms with Crippen molar-refractivity contribution in [2.75, 3.05) is 0 Å². The van der Waals surface area contributed by atoms with Crippen LogP contribution in [0.4, 0.5) is 0 Å². The highest BCUT2D eigenvalue weighted by atomic mass is 79.9. The second kappa shape index (κ2) is 6.11. The molecule has 26 heavy (non-hydrogen) atoms. The minimum atomic E-state index is 0.991. The minimum absolute atomic E-state index is 0.991. The highest BCUT2D eigenvalue weighted by Gasteiger charge is 2.13. The molecule has 2 aromatic heterocycles. The zero-order valence-corrected chi connectivity index (χ0v) is 15.5. The van der Waals surface area contributed by atoms with Gasteiger partial charge in [-0.3, -0.25) is 4.98 Å². The van der Waals surface area contributed by atoms with E-state index in [-0.39, 0.29) is 0 Å². The predicted molar refractivity (Wildman–Crippen MR) is 112 cm³/mol. The molecular weight excluding hydrogens is 384 g/mol. The molecule has 0 N–H and O–H groups in total. The molecule has 0 saturated heterocycles. The van der Waals surface area contributed by atoms with Crippen LogP contribution in [0.1, 0.15) is 0 Å². The normalized spacial score (nSPS) is 11.3. The van der Waals surface area contributed by atoms with E-state index in [0.717, 1.165) is 15.7 Å². The lowest BCUT2D eigenvalue weighted by molar-refractivity contribution is 1.18. The maximum absolute atomic E-state index is 4.50.